The van der Waals surface area contributed by atoms with E-state index in [-0.39, 0.29) is 0 Å². The fourth-order valence-electron chi connectivity index (χ4n) is 9.58. The zero-order valence-electron chi connectivity index (χ0n) is 40.5. The van der Waals surface area contributed by atoms with Crippen molar-refractivity contribution in [1.29, 1.82) is 0 Å². The highest BCUT2D eigenvalue weighted by atomic mass is 16.8. The number of carbonyl (C=O) groups is 1. The topological polar surface area (TPSA) is 529 Å². The molecule has 0 amide bonds. The molecule has 8 fully saturated rings. The summed E-state index contributed by atoms with van der Waals surface area (Å²) in [5, 5.41) is 190. The van der Waals surface area contributed by atoms with Crippen molar-refractivity contribution in [3.63, 3.8) is 0 Å². The lowest BCUT2D eigenvalue weighted by molar-refractivity contribution is -0.370. The lowest BCUT2D eigenvalue weighted by Crippen LogP contribution is -2.64. The van der Waals surface area contributed by atoms with Gasteiger partial charge in [0.05, 0.1) is 46.2 Å². The van der Waals surface area contributed by atoms with Crippen molar-refractivity contribution in [3.05, 3.63) is 0 Å². The Morgan fingerprint density at radius 3 is 0.831 bits per heavy atom. The molecule has 8 saturated heterocycles. The van der Waals surface area contributed by atoms with Crippen molar-refractivity contribution in [2.75, 3.05) is 53.4 Å². The molecule has 77 heavy (non-hydrogen) atoms. The molecule has 8 aliphatic heterocycles. The van der Waals surface area contributed by atoms with E-state index in [4.69, 9.17) is 75.8 Å². The van der Waals surface area contributed by atoms with Gasteiger partial charge in [0.15, 0.2) is 56.4 Å². The molecule has 8 aliphatic rings. The summed E-state index contributed by atoms with van der Waals surface area (Å²) in [6.07, 6.45) is -55.8. The molecule has 0 bridgehead atoms. The third-order valence-corrected chi connectivity index (χ3v) is 14.3. The molecule has 0 spiro atoms. The summed E-state index contributed by atoms with van der Waals surface area (Å²) < 4.78 is 87.1. The van der Waals surface area contributed by atoms with Gasteiger partial charge in [0.25, 0.3) is 0 Å². The number of aliphatic carboxylic acids is 1. The maximum atomic E-state index is 11.5. The van der Waals surface area contributed by atoms with Gasteiger partial charge in [-0.1, -0.05) is 0 Å². The Morgan fingerprint density at radius 1 is 0.325 bits per heavy atom. The number of carboxylic acid groups (broad SMARTS) is 1. The Kier molecular flexibility index (Phi) is 20.8. The number of methoxy groups -OCH3 is 1. The predicted molar refractivity (Wildman–Crippen MR) is 228 cm³/mol. The van der Waals surface area contributed by atoms with Crippen LogP contribution < -0.4 is 0 Å². The van der Waals surface area contributed by atoms with E-state index in [2.05, 4.69) is 0 Å². The molecule has 0 aromatic heterocycles. The summed E-state index contributed by atoms with van der Waals surface area (Å²) in [6, 6.07) is 0. The number of aliphatic hydroxyl groups excluding tert-OH is 17. The molecule has 35 nitrogen and oxygen atoms in total. The zero-order valence-corrected chi connectivity index (χ0v) is 40.5. The van der Waals surface area contributed by atoms with E-state index in [1.54, 1.807) is 0 Å². The van der Waals surface area contributed by atoms with E-state index >= 15 is 0 Å². The molecule has 18 N–H and O–H groups in total. The van der Waals surface area contributed by atoms with Gasteiger partial charge in [-0.15, -0.1) is 0 Å². The Hall–Kier alpha value is -1.85. The van der Waals surface area contributed by atoms with Crippen LogP contribution in [0.25, 0.3) is 0 Å². The Morgan fingerprint density at radius 2 is 0.571 bits per heavy atom. The Balaban J connectivity index is 0.741. The molecule has 0 aliphatic carbocycles. The van der Waals surface area contributed by atoms with Crippen LogP contribution in [-0.4, -0.2) is 354 Å². The molecule has 0 unspecified atom stereocenters. The van der Waals surface area contributed by atoms with Crippen LogP contribution >= 0.6 is 0 Å². The third-order valence-electron chi connectivity index (χ3n) is 14.3. The van der Waals surface area contributed by atoms with Crippen LogP contribution in [0.5, 0.6) is 0 Å². The van der Waals surface area contributed by atoms with Gasteiger partial charge in [0.2, 0.25) is 0 Å². The maximum Gasteiger partial charge on any atom is 0.335 e. The molecule has 0 aromatic carbocycles. The van der Waals surface area contributed by atoms with Gasteiger partial charge in [-0.2, -0.15) is 0 Å². The highest BCUT2D eigenvalue weighted by molar-refractivity contribution is 5.73. The van der Waals surface area contributed by atoms with Crippen molar-refractivity contribution in [1.82, 2.24) is 0 Å². The van der Waals surface area contributed by atoms with Gasteiger partial charge in [-0.05, 0) is 0 Å². The first-order valence-electron chi connectivity index (χ1n) is 24.4. The Bertz CT molecular complexity index is 1860. The summed E-state index contributed by atoms with van der Waals surface area (Å²) in [6.45, 7) is -3.55. The predicted octanol–water partition coefficient (Wildman–Crippen LogP) is -13.2. The van der Waals surface area contributed by atoms with Crippen LogP contribution in [0.4, 0.5) is 0 Å². The number of hydrogen-bond acceptors (Lipinski definition) is 34. The molecular weight excluding hydrogens is 1060 g/mol. The molecule has 33 atom stereocenters. The van der Waals surface area contributed by atoms with Gasteiger partial charge in [0.1, 0.15) is 146 Å². The van der Waals surface area contributed by atoms with E-state index in [1.807, 2.05) is 0 Å². The van der Waals surface area contributed by atoms with Gasteiger partial charge in [0, 0.05) is 7.11 Å². The average Bonchev–Trinajstić information content (AvgIpc) is 3.40. The fraction of sp³-hybridized carbons (Fsp3) is 0.976. The van der Waals surface area contributed by atoms with Gasteiger partial charge >= 0.3 is 5.97 Å². The van der Waals surface area contributed by atoms with E-state index in [1.165, 1.54) is 0 Å². The van der Waals surface area contributed by atoms with E-state index in [9.17, 15) is 96.7 Å². The van der Waals surface area contributed by atoms with Crippen LogP contribution in [0.15, 0.2) is 0 Å². The summed E-state index contributed by atoms with van der Waals surface area (Å²) in [4.78, 5) is 11.5. The first kappa shape index (κ1) is 61.2. The van der Waals surface area contributed by atoms with E-state index < -0.39 is 255 Å². The minimum Gasteiger partial charge on any atom is -0.479 e. The van der Waals surface area contributed by atoms with Crippen molar-refractivity contribution < 1.29 is 173 Å². The largest absolute Gasteiger partial charge is 0.479 e. The molecular formula is C42H68O35. The minimum atomic E-state index is -2.03. The molecule has 0 radical (unpaired) electrons. The first-order valence-corrected chi connectivity index (χ1v) is 24.4. The summed E-state index contributed by atoms with van der Waals surface area (Å²) in [5.41, 5.74) is 0. The summed E-state index contributed by atoms with van der Waals surface area (Å²) >= 11 is 0. The van der Waals surface area contributed by atoms with Crippen LogP contribution in [0.1, 0.15) is 0 Å². The highest BCUT2D eigenvalue weighted by Crippen LogP contribution is 2.34. The number of carboxylic acids is 1. The normalized spacial score (nSPS) is 53.2. The highest BCUT2D eigenvalue weighted by Gasteiger charge is 2.55. The van der Waals surface area contributed by atoms with Gasteiger partial charge < -0.3 is 168 Å². The summed E-state index contributed by atoms with van der Waals surface area (Å²) in [7, 11) is 1.08. The van der Waals surface area contributed by atoms with Gasteiger partial charge in [-0.3, -0.25) is 0 Å². The monoisotopic (exact) mass is 1130 g/mol. The minimum absolute atomic E-state index is 0.391. The molecule has 0 saturated carbocycles. The molecule has 446 valence electrons. The fourth-order valence-corrected chi connectivity index (χ4v) is 9.58. The molecule has 0 aromatic rings. The second-order valence-electron chi connectivity index (χ2n) is 19.5. The van der Waals surface area contributed by atoms with E-state index in [0.717, 1.165) is 7.11 Å². The smallest absolute Gasteiger partial charge is 0.335 e. The van der Waals surface area contributed by atoms with Crippen molar-refractivity contribution in [2.24, 2.45) is 0 Å². The second kappa shape index (κ2) is 26.2. The summed E-state index contributed by atoms with van der Waals surface area (Å²) in [5.74, 6) is -1.55. The zero-order chi connectivity index (χ0) is 55.9. The number of rotatable bonds is 16. The standard InChI is InChI=1S/C42H68O35/c1-62-31-30(58)32(35(61)76-33(31)34(59)60)77-42-29(57)22(50)15(8-69-42)75-41-28(56)21(49)14(7-68-41)74-40-27(55)20(48)13(6-67-40)73-39-26(54)19(47)12(5-66-39)72-38-25(53)18(46)11(4-65-38)71-37-24(52)17(45)10(3-64-37)70-36-23(51)16(44)9(43)2-63-36/h9-33,35-58,61H,2-8H2,1H3,(H,59,60)/t9-,10-,11-,12-,13-,14-,15-,16+,17+,18+,19+,20+,21+,22+,23-,24-,25-,26-,27-,28-,29-,30+,31+,32-,33+,35+,36+,37+,38+,39+,40+,41+,42+/m1/s1. The first-order chi connectivity index (χ1) is 36.5. The SMILES string of the molecule is CO[C@H]1[C@H](O)[C@@H](O[C@@H]2OC[C@@H](O[C@@H]3OC[C@@H](O[C@@H]4OC[C@@H](O[C@@H]5OC[C@@H](O[C@@H]6OC[C@@H](O[C@@H]7OC[C@@H](O[C@@H]8OC[C@@H](O)[C@H](O)[C@H]8O)[C@H](O)[C@H]7O)[C@H](O)[C@H]6O)[C@H](O)[C@H]5O)[C@H](O)[C@H]4O)[C@H](O)[C@H]3O)[C@H](O)[C@H]2O)[C@@H](O)O[C@@H]1C(=O)O. The van der Waals surface area contributed by atoms with Crippen LogP contribution in [0, 0.1) is 0 Å². The van der Waals surface area contributed by atoms with Crippen LogP contribution in [0.2, 0.25) is 0 Å². The Labute approximate surface area is 434 Å². The van der Waals surface area contributed by atoms with Gasteiger partial charge in [-0.25, -0.2) is 4.79 Å². The quantitative estimate of drug-likeness (QED) is 0.0682. The van der Waals surface area contributed by atoms with Crippen LogP contribution in [0.3, 0.4) is 0 Å². The van der Waals surface area contributed by atoms with Crippen molar-refractivity contribution >= 4 is 5.97 Å². The molecule has 8 rings (SSSR count). The van der Waals surface area contributed by atoms with E-state index in [0.29, 0.717) is 0 Å². The van der Waals surface area contributed by atoms with Crippen molar-refractivity contribution in [2.45, 2.75) is 203 Å². The number of ether oxygens (including phenoxy) is 16. The lowest BCUT2D eigenvalue weighted by atomic mass is 9.98. The number of hydrogen-bond donors (Lipinski definition) is 18. The van der Waals surface area contributed by atoms with Crippen LogP contribution in [-0.2, 0) is 80.6 Å². The second-order valence-corrected chi connectivity index (χ2v) is 19.5. The maximum absolute atomic E-state index is 11.5. The molecule has 8 heterocycles. The average molecular weight is 1130 g/mol. The number of aliphatic hydroxyl groups is 17. The van der Waals surface area contributed by atoms with Crippen molar-refractivity contribution in [3.8, 4) is 0 Å². The lowest BCUT2D eigenvalue weighted by Gasteiger charge is -2.46. The molecule has 35 heteroatoms. The third kappa shape index (κ3) is 13.2.